The molecule has 0 aromatic heterocycles. The molecule has 208 valence electrons. The lowest BCUT2D eigenvalue weighted by Crippen LogP contribution is -2.42. The summed E-state index contributed by atoms with van der Waals surface area (Å²) in [6.45, 7) is 1.05. The number of carboxylic acids is 1. The molecule has 0 aliphatic heterocycles. The summed E-state index contributed by atoms with van der Waals surface area (Å²) in [6, 6.07) is 18.4. The van der Waals surface area contributed by atoms with Crippen LogP contribution in [0.25, 0.3) is 11.1 Å². The van der Waals surface area contributed by atoms with Crippen molar-refractivity contribution < 1.29 is 43.1 Å². The fourth-order valence-electron chi connectivity index (χ4n) is 3.82. The molecule has 0 saturated carbocycles. The first-order valence-corrected chi connectivity index (χ1v) is 14.0. The smallest absolute Gasteiger partial charge is 0.472 e. The second-order valence-corrected chi connectivity index (χ2v) is 11.4. The highest BCUT2D eigenvalue weighted by Gasteiger charge is 2.31. The number of carbonyl (C=O) groups is 1. The molecule has 2 aromatic rings. The van der Waals surface area contributed by atoms with Gasteiger partial charge in [-0.15, -0.1) is 0 Å². The van der Waals surface area contributed by atoms with Gasteiger partial charge in [0.2, 0.25) is 0 Å². The van der Waals surface area contributed by atoms with Crippen LogP contribution in [-0.4, -0.2) is 72.9 Å². The van der Waals surface area contributed by atoms with Crippen LogP contribution in [0.15, 0.2) is 54.6 Å². The Morgan fingerprint density at radius 1 is 0.865 bits per heavy atom. The largest absolute Gasteiger partial charge is 0.870 e. The van der Waals surface area contributed by atoms with Gasteiger partial charge in [0.05, 0.1) is 40.8 Å². The lowest BCUT2D eigenvalue weighted by Gasteiger charge is -2.29. The van der Waals surface area contributed by atoms with Crippen LogP contribution in [0.1, 0.15) is 44.9 Å². The van der Waals surface area contributed by atoms with Crippen LogP contribution in [0.4, 0.5) is 0 Å². The fourth-order valence-corrected chi connectivity index (χ4v) is 4.75. The van der Waals surface area contributed by atoms with E-state index >= 15 is 0 Å². The van der Waals surface area contributed by atoms with Crippen molar-refractivity contribution in [1.82, 2.24) is 0 Å². The normalized spacial score (nSPS) is 13.8. The zero-order valence-electron chi connectivity index (χ0n) is 22.1. The minimum Gasteiger partial charge on any atom is -0.870 e. The van der Waals surface area contributed by atoms with Gasteiger partial charge >= 0.3 is 13.8 Å². The van der Waals surface area contributed by atoms with Crippen molar-refractivity contribution in [1.29, 1.82) is 0 Å². The maximum atomic E-state index is 12.2. The number of benzene rings is 2. The van der Waals surface area contributed by atoms with Crippen LogP contribution in [0.5, 0.6) is 5.75 Å². The van der Waals surface area contributed by atoms with Crippen molar-refractivity contribution in [2.45, 2.75) is 51.0 Å². The number of rotatable bonds is 18. The van der Waals surface area contributed by atoms with Crippen LogP contribution < -0.4 is 4.74 Å². The van der Waals surface area contributed by atoms with E-state index in [4.69, 9.17) is 18.9 Å². The Bertz CT molecular complexity index is 947. The molecule has 0 bridgehead atoms. The number of nitrogens with zero attached hydrogens (tertiary/aromatic N) is 1. The van der Waals surface area contributed by atoms with Crippen LogP contribution >= 0.6 is 7.82 Å². The van der Waals surface area contributed by atoms with Crippen LogP contribution in [0.3, 0.4) is 0 Å². The molecular weight excluding hydrogens is 497 g/mol. The van der Waals surface area contributed by atoms with Crippen molar-refractivity contribution in [3.63, 3.8) is 0 Å². The molecular formula is C27H42NO8P. The molecule has 0 amide bonds. The average Bonchev–Trinajstić information content (AvgIpc) is 2.79. The van der Waals surface area contributed by atoms with Crippen molar-refractivity contribution in [3.05, 3.63) is 54.6 Å². The molecule has 1 unspecified atom stereocenters. The van der Waals surface area contributed by atoms with Gasteiger partial charge in [0.15, 0.2) is 0 Å². The number of hydrogen-bond acceptors (Lipinski definition) is 6. The fraction of sp³-hybridized carbons (Fsp3) is 0.519. The molecule has 0 fully saturated rings. The molecule has 9 nitrogen and oxygen atoms in total. The van der Waals surface area contributed by atoms with Crippen molar-refractivity contribution >= 4 is 13.8 Å². The Hall–Kier alpha value is -2.26. The topological polar surface area (TPSA) is 132 Å². The van der Waals surface area contributed by atoms with Gasteiger partial charge in [-0.3, -0.25) is 13.8 Å². The molecule has 2 atom stereocenters. The van der Waals surface area contributed by atoms with Crippen molar-refractivity contribution in [2.24, 2.45) is 0 Å². The van der Waals surface area contributed by atoms with E-state index in [0.29, 0.717) is 17.5 Å². The van der Waals surface area contributed by atoms with E-state index in [2.05, 4.69) is 24.3 Å². The first kappa shape index (κ1) is 32.8. The average molecular weight is 540 g/mol. The van der Waals surface area contributed by atoms with Gasteiger partial charge in [0.1, 0.15) is 18.4 Å². The van der Waals surface area contributed by atoms with Crippen LogP contribution in [0.2, 0.25) is 0 Å². The number of aliphatic carboxylic acids is 1. The van der Waals surface area contributed by atoms with Crippen molar-refractivity contribution in [3.8, 4) is 16.9 Å². The number of ether oxygens (including phenoxy) is 1. The molecule has 3 N–H and O–H groups in total. The van der Waals surface area contributed by atoms with Gasteiger partial charge in [0, 0.05) is 0 Å². The molecule has 10 heteroatoms. The van der Waals surface area contributed by atoms with Crippen LogP contribution in [0, 0.1) is 0 Å². The molecule has 0 heterocycles. The highest BCUT2D eigenvalue weighted by atomic mass is 31.2. The van der Waals surface area contributed by atoms with Gasteiger partial charge in [0.25, 0.3) is 0 Å². The minimum atomic E-state index is -4.30. The molecule has 2 rings (SSSR count). The third kappa shape index (κ3) is 14.9. The Morgan fingerprint density at radius 3 is 1.97 bits per heavy atom. The highest BCUT2D eigenvalue weighted by Crippen LogP contribution is 2.45. The molecule has 0 aliphatic rings. The van der Waals surface area contributed by atoms with E-state index < -0.39 is 19.9 Å². The van der Waals surface area contributed by atoms with Crippen LogP contribution in [-0.2, 0) is 18.4 Å². The predicted octanol–water partition coefficient (Wildman–Crippen LogP) is 5.58. The number of quaternary nitrogens is 1. The monoisotopic (exact) mass is 539 g/mol. The first-order chi connectivity index (χ1) is 17.0. The Labute approximate surface area is 220 Å². The third-order valence-electron chi connectivity index (χ3n) is 5.46. The summed E-state index contributed by atoms with van der Waals surface area (Å²) >= 11 is 0. The van der Waals surface area contributed by atoms with E-state index in [0.717, 1.165) is 37.9 Å². The molecule has 2 aromatic carbocycles. The summed E-state index contributed by atoms with van der Waals surface area (Å²) in [5.74, 6) is -0.214. The summed E-state index contributed by atoms with van der Waals surface area (Å²) in [5.41, 5.74) is 2.35. The first-order valence-electron chi connectivity index (χ1n) is 12.5. The molecule has 0 saturated heterocycles. The number of unbranched alkanes of at least 4 members (excludes halogenated alkanes) is 5. The maximum Gasteiger partial charge on any atom is 0.472 e. The molecule has 37 heavy (non-hydrogen) atoms. The van der Waals surface area contributed by atoms with E-state index in [1.807, 2.05) is 51.5 Å². The Morgan fingerprint density at radius 2 is 1.41 bits per heavy atom. The quantitative estimate of drug-likeness (QED) is 0.143. The third-order valence-corrected chi connectivity index (χ3v) is 6.53. The van der Waals surface area contributed by atoms with E-state index in [1.54, 1.807) is 0 Å². The van der Waals surface area contributed by atoms with Gasteiger partial charge in [-0.2, -0.15) is 0 Å². The standard InChI is InChI=1S/C27H40NO7P.H2O/c1-28(2,3)22-26(21-27(29)30)35-36(31,32)34-20-12-7-5-4-6-11-19-33-25-17-15-24(16-18-25)23-13-9-8-10-14-23;/h8-10,13-18,26H,4-7,11-12,19-22H2,1-3H3,(H-,29,30,31,32);1H2/t26-;/m1./s1. The van der Waals surface area contributed by atoms with Gasteiger partial charge in [-0.05, 0) is 36.1 Å². The zero-order valence-corrected chi connectivity index (χ0v) is 23.0. The molecule has 0 radical (unpaired) electrons. The lowest BCUT2D eigenvalue weighted by atomic mass is 10.1. The second kappa shape index (κ2) is 16.6. The summed E-state index contributed by atoms with van der Waals surface area (Å²) in [5, 5.41) is 9.03. The zero-order chi connectivity index (χ0) is 26.4. The van der Waals surface area contributed by atoms with Crippen molar-refractivity contribution in [2.75, 3.05) is 40.9 Å². The summed E-state index contributed by atoms with van der Waals surface area (Å²) in [4.78, 5) is 21.0. The predicted molar refractivity (Wildman–Crippen MR) is 143 cm³/mol. The number of phosphoric ester groups is 1. The minimum absolute atomic E-state index is 0. The number of carboxylic acid groups (broad SMARTS) is 1. The maximum absolute atomic E-state index is 12.2. The van der Waals surface area contributed by atoms with E-state index in [1.165, 1.54) is 11.1 Å². The summed E-state index contributed by atoms with van der Waals surface area (Å²) in [7, 11) is 1.27. The molecule has 0 spiro atoms. The van der Waals surface area contributed by atoms with Gasteiger partial charge < -0.3 is 24.7 Å². The Kier molecular flexibility index (Phi) is 14.7. The number of phosphoric acid groups is 1. The summed E-state index contributed by atoms with van der Waals surface area (Å²) < 4.78 is 28.6. The summed E-state index contributed by atoms with van der Waals surface area (Å²) in [6.07, 6.45) is 4.31. The highest BCUT2D eigenvalue weighted by molar-refractivity contribution is 7.47. The lowest BCUT2D eigenvalue weighted by molar-refractivity contribution is -0.873. The van der Waals surface area contributed by atoms with Gasteiger partial charge in [-0.25, -0.2) is 4.57 Å². The number of hydrogen-bond donors (Lipinski definition) is 2. The second-order valence-electron chi connectivity index (χ2n) is 9.96. The molecule has 0 aliphatic carbocycles. The Balaban J connectivity index is 0.00000684. The number of likely N-dealkylation sites (N-methyl/N-ethyl adjacent to an activating group) is 1. The van der Waals surface area contributed by atoms with E-state index in [-0.39, 0.29) is 25.0 Å². The van der Waals surface area contributed by atoms with E-state index in [9.17, 15) is 14.3 Å². The van der Waals surface area contributed by atoms with Gasteiger partial charge in [-0.1, -0.05) is 68.1 Å². The SMILES string of the molecule is C[N+](C)(C)C[C@@H](CC(=O)O)OP(=O)(O)OCCCCCCCCOc1ccc(-c2ccccc2)cc1.[OH-].